The van der Waals surface area contributed by atoms with E-state index in [0.29, 0.717) is 6.04 Å². The van der Waals surface area contributed by atoms with Crippen LogP contribution in [0, 0.1) is 0 Å². The first-order valence-corrected chi connectivity index (χ1v) is 17.2. The Morgan fingerprint density at radius 1 is 0.939 bits per heavy atom. The second-order valence-corrected chi connectivity index (χ2v) is 19.2. The molecule has 0 aromatic heterocycles. The Bertz CT molecular complexity index is 988. The Balaban J connectivity index is 1.98. The standard InChI is InChI=1S/C28H43N2OPSi/c1-27(2,3)21-18-24(28(4,5)6)26(31-33(7,8)9)25(19-21)32-29-17-13-16-23(29)20-30(32)22-14-11-10-12-15-22/h10-12,14-15,18-19,23H,13,16-17,20H2,1-9H3/t23-,32?/m0/s1. The molecular formula is C28H43N2OPSi. The first-order chi connectivity index (χ1) is 15.3. The van der Waals surface area contributed by atoms with E-state index in [9.17, 15) is 0 Å². The molecule has 0 N–H and O–H groups in total. The van der Waals surface area contributed by atoms with Gasteiger partial charge in [0.2, 0.25) is 8.32 Å². The van der Waals surface area contributed by atoms with Gasteiger partial charge in [0, 0.05) is 24.8 Å². The van der Waals surface area contributed by atoms with Gasteiger partial charge in [-0.3, -0.25) is 4.67 Å². The highest BCUT2D eigenvalue weighted by molar-refractivity contribution is 7.65. The van der Waals surface area contributed by atoms with E-state index in [0.717, 1.165) is 6.54 Å². The van der Waals surface area contributed by atoms with Crippen LogP contribution in [0.2, 0.25) is 19.6 Å². The van der Waals surface area contributed by atoms with Crippen LogP contribution in [0.5, 0.6) is 5.75 Å². The topological polar surface area (TPSA) is 15.7 Å². The van der Waals surface area contributed by atoms with E-state index >= 15 is 0 Å². The molecule has 2 aliphatic rings. The van der Waals surface area contributed by atoms with Gasteiger partial charge in [0.15, 0.2) is 0 Å². The summed E-state index contributed by atoms with van der Waals surface area (Å²) in [5, 5.41) is 1.43. The zero-order valence-electron chi connectivity index (χ0n) is 22.2. The van der Waals surface area contributed by atoms with Crippen LogP contribution in [0.15, 0.2) is 42.5 Å². The third-order valence-corrected chi connectivity index (χ3v) is 10.1. The van der Waals surface area contributed by atoms with Gasteiger partial charge in [-0.05, 0) is 72.6 Å². The van der Waals surface area contributed by atoms with Gasteiger partial charge in [-0.25, -0.2) is 0 Å². The lowest BCUT2D eigenvalue weighted by atomic mass is 9.80. The van der Waals surface area contributed by atoms with E-state index in [1.165, 1.54) is 47.3 Å². The van der Waals surface area contributed by atoms with Crippen molar-refractivity contribution in [3.63, 3.8) is 0 Å². The first kappa shape index (κ1) is 24.8. The van der Waals surface area contributed by atoms with Crippen molar-refractivity contribution in [3.8, 4) is 5.75 Å². The highest BCUT2D eigenvalue weighted by Gasteiger charge is 2.46. The molecule has 0 saturated carbocycles. The molecule has 0 spiro atoms. The number of hydrogen-bond acceptors (Lipinski definition) is 3. The molecule has 180 valence electrons. The maximum atomic E-state index is 7.01. The van der Waals surface area contributed by atoms with Gasteiger partial charge >= 0.3 is 0 Å². The maximum absolute atomic E-state index is 7.01. The molecule has 2 aromatic carbocycles. The molecular weight excluding hydrogens is 439 g/mol. The molecule has 33 heavy (non-hydrogen) atoms. The Hall–Kier alpha value is -1.35. The molecule has 4 rings (SSSR count). The van der Waals surface area contributed by atoms with Crippen molar-refractivity contribution in [2.24, 2.45) is 0 Å². The number of anilines is 1. The van der Waals surface area contributed by atoms with Gasteiger partial charge in [0.1, 0.15) is 14.0 Å². The van der Waals surface area contributed by atoms with Gasteiger partial charge in [0.25, 0.3) is 0 Å². The fraction of sp³-hybridized carbons (Fsp3) is 0.571. The van der Waals surface area contributed by atoms with Crippen molar-refractivity contribution < 1.29 is 4.43 Å². The molecule has 0 bridgehead atoms. The van der Waals surface area contributed by atoms with Gasteiger partial charge in [0.05, 0.1) is 5.30 Å². The second-order valence-electron chi connectivity index (χ2n) is 12.8. The summed E-state index contributed by atoms with van der Waals surface area (Å²) in [5.74, 6) is 1.18. The van der Waals surface area contributed by atoms with Crippen molar-refractivity contribution in [3.05, 3.63) is 53.6 Å². The number of benzene rings is 2. The quantitative estimate of drug-likeness (QED) is 0.333. The lowest BCUT2D eigenvalue weighted by molar-refractivity contribution is 0.466. The van der Waals surface area contributed by atoms with E-state index in [1.54, 1.807) is 0 Å². The van der Waals surface area contributed by atoms with Crippen LogP contribution in [0.25, 0.3) is 0 Å². The molecule has 2 aromatic rings. The molecule has 2 saturated heterocycles. The number of nitrogens with zero attached hydrogens (tertiary/aromatic N) is 2. The number of fused-ring (bicyclic) bond motifs is 1. The van der Waals surface area contributed by atoms with E-state index in [-0.39, 0.29) is 10.8 Å². The minimum absolute atomic E-state index is 0.0159. The molecule has 5 heteroatoms. The minimum atomic E-state index is -1.82. The van der Waals surface area contributed by atoms with Crippen LogP contribution in [0.1, 0.15) is 65.5 Å². The zero-order valence-corrected chi connectivity index (χ0v) is 24.1. The third kappa shape index (κ3) is 5.18. The minimum Gasteiger partial charge on any atom is -0.544 e. The Labute approximate surface area is 204 Å². The molecule has 2 heterocycles. The van der Waals surface area contributed by atoms with Crippen LogP contribution < -0.4 is 14.4 Å². The fourth-order valence-corrected chi connectivity index (χ4v) is 8.78. The summed E-state index contributed by atoms with van der Waals surface area (Å²) in [6.45, 7) is 23.3. The van der Waals surface area contributed by atoms with Crippen molar-refractivity contribution >= 4 is 27.5 Å². The van der Waals surface area contributed by atoms with Crippen molar-refractivity contribution in [1.82, 2.24) is 4.67 Å². The molecule has 0 radical (unpaired) electrons. The average Bonchev–Trinajstić information content (AvgIpc) is 3.27. The first-order valence-electron chi connectivity index (χ1n) is 12.5. The van der Waals surface area contributed by atoms with Gasteiger partial charge < -0.3 is 9.10 Å². The Morgan fingerprint density at radius 3 is 2.18 bits per heavy atom. The molecule has 0 aliphatic carbocycles. The van der Waals surface area contributed by atoms with Gasteiger partial charge in [-0.1, -0.05) is 65.8 Å². The number of para-hydroxylation sites is 1. The van der Waals surface area contributed by atoms with Gasteiger partial charge in [-0.2, -0.15) is 0 Å². The van der Waals surface area contributed by atoms with Crippen molar-refractivity contribution in [2.75, 3.05) is 17.8 Å². The smallest absolute Gasteiger partial charge is 0.242 e. The summed E-state index contributed by atoms with van der Waals surface area (Å²) in [5.41, 5.74) is 4.23. The maximum Gasteiger partial charge on any atom is 0.242 e. The summed E-state index contributed by atoms with van der Waals surface area (Å²) in [6.07, 6.45) is 2.61. The van der Waals surface area contributed by atoms with E-state index in [2.05, 4.69) is 113 Å². The monoisotopic (exact) mass is 482 g/mol. The summed E-state index contributed by atoms with van der Waals surface area (Å²) in [7, 11) is -2.47. The number of hydrogen-bond donors (Lipinski definition) is 0. The zero-order chi connectivity index (χ0) is 24.2. The van der Waals surface area contributed by atoms with E-state index < -0.39 is 16.5 Å². The second kappa shape index (κ2) is 8.70. The third-order valence-electron chi connectivity index (χ3n) is 6.62. The fourth-order valence-electron chi connectivity index (χ4n) is 4.92. The largest absolute Gasteiger partial charge is 0.544 e. The predicted octanol–water partition coefficient (Wildman–Crippen LogP) is 7.42. The van der Waals surface area contributed by atoms with Crippen LogP contribution in [0.3, 0.4) is 0 Å². The normalized spacial score (nSPS) is 22.0. The van der Waals surface area contributed by atoms with Crippen molar-refractivity contribution in [2.45, 2.75) is 90.9 Å². The Morgan fingerprint density at radius 2 is 1.61 bits per heavy atom. The summed E-state index contributed by atoms with van der Waals surface area (Å²) >= 11 is 0. The van der Waals surface area contributed by atoms with Crippen LogP contribution in [-0.4, -0.2) is 32.1 Å². The van der Waals surface area contributed by atoms with Crippen LogP contribution in [-0.2, 0) is 10.8 Å². The van der Waals surface area contributed by atoms with E-state index in [1.807, 2.05) is 0 Å². The predicted molar refractivity (Wildman–Crippen MR) is 148 cm³/mol. The molecule has 0 amide bonds. The molecule has 2 aliphatic heterocycles. The Kier molecular flexibility index (Phi) is 6.53. The average molecular weight is 483 g/mol. The lowest BCUT2D eigenvalue weighted by Gasteiger charge is -2.37. The summed E-state index contributed by atoms with van der Waals surface area (Å²) in [6, 6.07) is 16.7. The summed E-state index contributed by atoms with van der Waals surface area (Å²) < 4.78 is 12.5. The van der Waals surface area contributed by atoms with Crippen molar-refractivity contribution in [1.29, 1.82) is 0 Å². The molecule has 2 fully saturated rings. The molecule has 2 atom stereocenters. The summed E-state index contributed by atoms with van der Waals surface area (Å²) in [4.78, 5) is 0. The lowest BCUT2D eigenvalue weighted by Crippen LogP contribution is -2.36. The highest BCUT2D eigenvalue weighted by Crippen LogP contribution is 2.58. The molecule has 1 unspecified atom stereocenters. The SMILES string of the molecule is CC(C)(C)c1cc(P2N(c3ccccc3)C[C@@H]3CCCN32)c(O[Si](C)(C)C)c(C(C)(C)C)c1. The van der Waals surface area contributed by atoms with E-state index in [4.69, 9.17) is 4.43 Å². The number of rotatable bonds is 4. The van der Waals surface area contributed by atoms with Crippen LogP contribution in [0.4, 0.5) is 5.69 Å². The van der Waals surface area contributed by atoms with Crippen LogP contribution >= 0.6 is 8.22 Å². The molecule has 3 nitrogen and oxygen atoms in total. The highest BCUT2D eigenvalue weighted by atomic mass is 31.1. The van der Waals surface area contributed by atoms with Gasteiger partial charge in [-0.15, -0.1) is 0 Å².